The van der Waals surface area contributed by atoms with Crippen LogP contribution < -0.4 is 5.32 Å². The van der Waals surface area contributed by atoms with Crippen molar-refractivity contribution in [3.05, 3.63) is 19.9 Å². The highest BCUT2D eigenvalue weighted by Crippen LogP contribution is 2.41. The van der Waals surface area contributed by atoms with Gasteiger partial charge in [-0.05, 0) is 71.3 Å². The van der Waals surface area contributed by atoms with E-state index in [0.717, 1.165) is 45.6 Å². The topological polar surface area (TPSA) is 30.5 Å². The molecule has 0 bridgehead atoms. The predicted molar refractivity (Wildman–Crippen MR) is 94.9 cm³/mol. The second kappa shape index (κ2) is 7.25. The second-order valence-electron chi connectivity index (χ2n) is 6.20. The Bertz CT molecular complexity index is 459. The van der Waals surface area contributed by atoms with Crippen LogP contribution in [0.1, 0.15) is 44.2 Å². The maximum absolute atomic E-state index is 6.10. The van der Waals surface area contributed by atoms with Gasteiger partial charge in [-0.1, -0.05) is 6.92 Å². The van der Waals surface area contributed by atoms with Crippen LogP contribution in [0.4, 0.5) is 0 Å². The Morgan fingerprint density at radius 2 is 2.43 bits per heavy atom. The van der Waals surface area contributed by atoms with Gasteiger partial charge < -0.3 is 14.8 Å². The first-order valence-corrected chi connectivity index (χ1v) is 9.87. The molecule has 1 N–H and O–H groups in total. The van der Waals surface area contributed by atoms with Gasteiger partial charge in [-0.25, -0.2) is 0 Å². The molecule has 0 aliphatic carbocycles. The first-order chi connectivity index (χ1) is 10.2. The monoisotopic (exact) mass is 421 g/mol. The molecule has 3 nitrogen and oxygen atoms in total. The van der Waals surface area contributed by atoms with Gasteiger partial charge in [-0.2, -0.15) is 0 Å². The summed E-state index contributed by atoms with van der Waals surface area (Å²) in [6.07, 6.45) is 4.51. The van der Waals surface area contributed by atoms with Crippen molar-refractivity contribution in [1.29, 1.82) is 0 Å². The van der Waals surface area contributed by atoms with Gasteiger partial charge in [0.25, 0.3) is 0 Å². The summed E-state index contributed by atoms with van der Waals surface area (Å²) in [6.45, 7) is 5.83. The maximum Gasteiger partial charge on any atom is 0.0940 e. The molecule has 1 aromatic heterocycles. The summed E-state index contributed by atoms with van der Waals surface area (Å²) in [5, 5.41) is 6.10. The molecular weight excluding hydrogens is 397 g/mol. The van der Waals surface area contributed by atoms with Gasteiger partial charge in [0.2, 0.25) is 0 Å². The second-order valence-corrected chi connectivity index (χ2v) is 9.01. The van der Waals surface area contributed by atoms with Crippen LogP contribution in [0.3, 0.4) is 0 Å². The van der Waals surface area contributed by atoms with Crippen LogP contribution in [0.2, 0.25) is 0 Å². The molecule has 21 heavy (non-hydrogen) atoms. The van der Waals surface area contributed by atoms with E-state index >= 15 is 0 Å². The average Bonchev–Trinajstić information content (AvgIpc) is 3.10. The molecule has 0 radical (unpaired) electrons. The van der Waals surface area contributed by atoms with Crippen molar-refractivity contribution in [3.8, 4) is 0 Å². The third-order valence-electron chi connectivity index (χ3n) is 4.63. The quantitative estimate of drug-likeness (QED) is 0.730. The molecule has 1 aromatic rings. The molecule has 3 rings (SSSR count). The van der Waals surface area contributed by atoms with Crippen LogP contribution in [-0.4, -0.2) is 32.0 Å². The summed E-state index contributed by atoms with van der Waals surface area (Å²) in [7, 11) is 0. The Morgan fingerprint density at radius 1 is 1.52 bits per heavy atom. The van der Waals surface area contributed by atoms with E-state index in [1.54, 1.807) is 0 Å². The highest BCUT2D eigenvalue weighted by Gasteiger charge is 2.43. The molecular formula is C16H24INO2S. The smallest absolute Gasteiger partial charge is 0.0940 e. The van der Waals surface area contributed by atoms with Gasteiger partial charge in [-0.3, -0.25) is 0 Å². The first-order valence-electron chi connectivity index (χ1n) is 7.91. The summed E-state index contributed by atoms with van der Waals surface area (Å²) >= 11 is 4.26. The van der Waals surface area contributed by atoms with Crippen molar-refractivity contribution in [2.24, 2.45) is 5.92 Å². The van der Waals surface area contributed by atoms with Gasteiger partial charge in [0.05, 0.1) is 15.1 Å². The first kappa shape index (κ1) is 16.2. The van der Waals surface area contributed by atoms with E-state index in [9.17, 15) is 0 Å². The standard InChI is InChI=1S/C16H24INO2S/c1-2-5-18-15(13-8-14(17)21-10-13)12-3-6-20-16(9-12)4-7-19-11-16/h8,10,12,15,18H,2-7,9,11H2,1H3. The van der Waals surface area contributed by atoms with Crippen LogP contribution in [0.25, 0.3) is 0 Å². The van der Waals surface area contributed by atoms with Crippen LogP contribution in [0.5, 0.6) is 0 Å². The van der Waals surface area contributed by atoms with E-state index in [1.807, 2.05) is 11.3 Å². The number of nitrogens with one attached hydrogen (secondary N) is 1. The Balaban J connectivity index is 1.75. The predicted octanol–water partition coefficient (Wildman–Crippen LogP) is 3.98. The van der Waals surface area contributed by atoms with E-state index in [-0.39, 0.29) is 5.60 Å². The molecule has 0 amide bonds. The number of ether oxygens (including phenoxy) is 2. The minimum Gasteiger partial charge on any atom is -0.378 e. The van der Waals surface area contributed by atoms with Gasteiger partial charge in [0.1, 0.15) is 0 Å². The fourth-order valence-corrected chi connectivity index (χ4v) is 4.96. The number of thiophene rings is 1. The van der Waals surface area contributed by atoms with Crippen LogP contribution in [-0.2, 0) is 9.47 Å². The average molecular weight is 421 g/mol. The molecule has 5 heteroatoms. The van der Waals surface area contributed by atoms with Crippen LogP contribution in [0, 0.1) is 8.80 Å². The number of hydrogen-bond donors (Lipinski definition) is 1. The normalized spacial score (nSPS) is 30.9. The van der Waals surface area contributed by atoms with Crippen molar-refractivity contribution in [2.75, 3.05) is 26.4 Å². The largest absolute Gasteiger partial charge is 0.378 e. The fraction of sp³-hybridized carbons (Fsp3) is 0.750. The summed E-state index contributed by atoms with van der Waals surface area (Å²) in [4.78, 5) is 0. The lowest BCUT2D eigenvalue weighted by atomic mass is 9.79. The van der Waals surface area contributed by atoms with E-state index in [1.165, 1.54) is 14.9 Å². The van der Waals surface area contributed by atoms with E-state index in [4.69, 9.17) is 9.47 Å². The number of halogens is 1. The third kappa shape index (κ3) is 3.80. The minimum atomic E-state index is -0.00175. The molecule has 2 saturated heterocycles. The van der Waals surface area contributed by atoms with Gasteiger partial charge in [0, 0.05) is 25.7 Å². The molecule has 0 saturated carbocycles. The zero-order valence-electron chi connectivity index (χ0n) is 12.6. The van der Waals surface area contributed by atoms with Crippen molar-refractivity contribution in [2.45, 2.75) is 44.2 Å². The van der Waals surface area contributed by atoms with E-state index in [0.29, 0.717) is 12.0 Å². The lowest BCUT2D eigenvalue weighted by Gasteiger charge is -2.40. The molecule has 0 aromatic carbocycles. The van der Waals surface area contributed by atoms with Crippen LogP contribution in [0.15, 0.2) is 11.4 Å². The molecule has 3 unspecified atom stereocenters. The highest BCUT2D eigenvalue weighted by molar-refractivity contribution is 14.1. The lowest BCUT2D eigenvalue weighted by molar-refractivity contribution is -0.103. The van der Waals surface area contributed by atoms with Gasteiger partial charge >= 0.3 is 0 Å². The van der Waals surface area contributed by atoms with Crippen molar-refractivity contribution in [1.82, 2.24) is 5.32 Å². The van der Waals surface area contributed by atoms with Crippen molar-refractivity contribution in [3.63, 3.8) is 0 Å². The lowest BCUT2D eigenvalue weighted by Crippen LogP contribution is -2.44. The molecule has 118 valence electrons. The van der Waals surface area contributed by atoms with Gasteiger partial charge in [-0.15, -0.1) is 11.3 Å². The Hall–Kier alpha value is 0.310. The Kier molecular flexibility index (Phi) is 5.59. The molecule has 3 heterocycles. The minimum absolute atomic E-state index is 0.00175. The Morgan fingerprint density at radius 3 is 3.10 bits per heavy atom. The van der Waals surface area contributed by atoms with Crippen LogP contribution >= 0.6 is 33.9 Å². The fourth-order valence-electron chi connectivity index (χ4n) is 3.56. The maximum atomic E-state index is 6.10. The molecule has 2 aliphatic rings. The van der Waals surface area contributed by atoms with Gasteiger partial charge in [0.15, 0.2) is 0 Å². The molecule has 2 aliphatic heterocycles. The summed E-state index contributed by atoms with van der Waals surface area (Å²) in [6, 6.07) is 2.80. The van der Waals surface area contributed by atoms with E-state index in [2.05, 4.69) is 46.3 Å². The Labute approximate surface area is 144 Å². The third-order valence-corrected chi connectivity index (χ3v) is 6.44. The van der Waals surface area contributed by atoms with E-state index < -0.39 is 0 Å². The highest BCUT2D eigenvalue weighted by atomic mass is 127. The molecule has 1 spiro atoms. The number of hydrogen-bond acceptors (Lipinski definition) is 4. The number of rotatable bonds is 5. The SMILES string of the molecule is CCCNC(c1csc(I)c1)C1CCOC2(CCOC2)C1. The molecule has 3 atom stereocenters. The van der Waals surface area contributed by atoms with Crippen molar-refractivity contribution >= 4 is 33.9 Å². The summed E-state index contributed by atoms with van der Waals surface area (Å²) < 4.78 is 13.1. The zero-order chi connectivity index (χ0) is 14.7. The molecule has 2 fully saturated rings. The summed E-state index contributed by atoms with van der Waals surface area (Å²) in [5.41, 5.74) is 1.46. The zero-order valence-corrected chi connectivity index (χ0v) is 15.5. The summed E-state index contributed by atoms with van der Waals surface area (Å²) in [5.74, 6) is 0.650. The van der Waals surface area contributed by atoms with Crippen molar-refractivity contribution < 1.29 is 9.47 Å².